The molecule has 0 atom stereocenters. The molecule has 0 fully saturated rings. The lowest BCUT2D eigenvalue weighted by molar-refractivity contribution is 0.244. The van der Waals surface area contributed by atoms with E-state index in [4.69, 9.17) is 10.2 Å². The second kappa shape index (κ2) is 2.92. The molecular formula is C2H5O2. The van der Waals surface area contributed by atoms with Crippen LogP contribution in [0.3, 0.4) is 0 Å². The van der Waals surface area contributed by atoms with E-state index in [2.05, 4.69) is 0 Å². The summed E-state index contributed by atoms with van der Waals surface area (Å²) in [6, 6.07) is 0. The van der Waals surface area contributed by atoms with Crippen LogP contribution in [0.4, 0.5) is 0 Å². The molecule has 2 N–H and O–H groups in total. The van der Waals surface area contributed by atoms with Crippen LogP contribution in [0.25, 0.3) is 0 Å². The van der Waals surface area contributed by atoms with Crippen molar-refractivity contribution in [2.75, 3.05) is 6.61 Å². The van der Waals surface area contributed by atoms with E-state index in [-0.39, 0.29) is 6.61 Å². The summed E-state index contributed by atoms with van der Waals surface area (Å²) in [7, 11) is 0. The second-order valence-electron chi connectivity index (χ2n) is 0.365. The highest BCUT2D eigenvalue weighted by Crippen LogP contribution is 1.51. The Morgan fingerprint density at radius 1 is 1.75 bits per heavy atom. The number of aliphatic hydroxyl groups excluding tert-OH is 2. The molecule has 0 aromatic heterocycles. The number of rotatable bonds is 1. The SMILES string of the molecule is O[CH]CO. The summed E-state index contributed by atoms with van der Waals surface area (Å²) in [5.74, 6) is 0. The smallest absolute Gasteiger partial charge is 0.105 e. The van der Waals surface area contributed by atoms with E-state index in [1.165, 1.54) is 0 Å². The molecule has 0 aliphatic rings. The van der Waals surface area contributed by atoms with Gasteiger partial charge in [0.2, 0.25) is 0 Å². The fourth-order valence-electron chi connectivity index (χ4n) is 0. The van der Waals surface area contributed by atoms with Gasteiger partial charge in [0, 0.05) is 0 Å². The van der Waals surface area contributed by atoms with Gasteiger partial charge >= 0.3 is 0 Å². The molecule has 25 valence electrons. The van der Waals surface area contributed by atoms with Crippen LogP contribution in [-0.4, -0.2) is 16.8 Å². The molecule has 2 nitrogen and oxygen atoms in total. The van der Waals surface area contributed by atoms with Crippen molar-refractivity contribution in [3.8, 4) is 0 Å². The summed E-state index contributed by atoms with van der Waals surface area (Å²) in [4.78, 5) is 0. The molecule has 0 spiro atoms. The van der Waals surface area contributed by atoms with E-state index in [1.54, 1.807) is 0 Å². The molecule has 0 heterocycles. The summed E-state index contributed by atoms with van der Waals surface area (Å²) in [6.45, 7) is 0.431. The molecule has 0 rings (SSSR count). The predicted octanol–water partition coefficient (Wildman–Crippen LogP) is -0.487. The molecule has 0 amide bonds. The Morgan fingerprint density at radius 3 is 2.00 bits per heavy atom. The van der Waals surface area contributed by atoms with Gasteiger partial charge in [0.15, 0.2) is 0 Å². The minimum absolute atomic E-state index is 0.250. The maximum absolute atomic E-state index is 7.57. The molecule has 0 aliphatic heterocycles. The molecule has 0 aromatic carbocycles. The zero-order chi connectivity index (χ0) is 3.41. The predicted molar refractivity (Wildman–Crippen MR) is 13.3 cm³/mol. The first kappa shape index (κ1) is 3.92. The van der Waals surface area contributed by atoms with Crippen LogP contribution in [0.2, 0.25) is 0 Å². The Labute approximate surface area is 24.7 Å². The second-order valence-corrected chi connectivity index (χ2v) is 0.365. The van der Waals surface area contributed by atoms with E-state index in [9.17, 15) is 0 Å². The Morgan fingerprint density at radius 2 is 2.00 bits per heavy atom. The topological polar surface area (TPSA) is 40.5 Å². The van der Waals surface area contributed by atoms with Gasteiger partial charge < -0.3 is 10.2 Å². The van der Waals surface area contributed by atoms with Gasteiger partial charge in [-0.05, 0) is 0 Å². The van der Waals surface area contributed by atoms with Crippen molar-refractivity contribution < 1.29 is 10.2 Å². The highest BCUT2D eigenvalue weighted by molar-refractivity contribution is 4.31. The minimum Gasteiger partial charge on any atom is -0.394 e. The lowest BCUT2D eigenvalue weighted by atomic mass is 10.8. The third-order valence-corrected chi connectivity index (χ3v) is 0.0816. The van der Waals surface area contributed by atoms with Crippen molar-refractivity contribution in [1.82, 2.24) is 0 Å². The van der Waals surface area contributed by atoms with Crippen molar-refractivity contribution in [2.24, 2.45) is 0 Å². The molecule has 2 heteroatoms. The quantitative estimate of drug-likeness (QED) is 0.429. The molecule has 0 unspecified atom stereocenters. The first-order valence-corrected chi connectivity index (χ1v) is 0.983. The van der Waals surface area contributed by atoms with Crippen LogP contribution in [0, 0.1) is 6.61 Å². The Bertz CT molecular complexity index is 6.00. The summed E-state index contributed by atoms with van der Waals surface area (Å²) >= 11 is 0. The minimum atomic E-state index is -0.250. The highest BCUT2D eigenvalue weighted by Gasteiger charge is 1.59. The average Bonchev–Trinajstić information content (AvgIpc) is 1.37. The molecule has 4 heavy (non-hydrogen) atoms. The van der Waals surface area contributed by atoms with E-state index in [0.717, 1.165) is 0 Å². The summed E-state index contributed by atoms with van der Waals surface area (Å²) in [5, 5.41) is 15.1. The normalized spacial score (nSPS) is 7.50. The van der Waals surface area contributed by atoms with Gasteiger partial charge in [0.25, 0.3) is 0 Å². The lowest BCUT2D eigenvalue weighted by Crippen LogP contribution is -1.75. The van der Waals surface area contributed by atoms with E-state index >= 15 is 0 Å². The first-order valence-electron chi connectivity index (χ1n) is 0.983. The van der Waals surface area contributed by atoms with Crippen LogP contribution in [-0.2, 0) is 0 Å². The van der Waals surface area contributed by atoms with Gasteiger partial charge in [-0.2, -0.15) is 0 Å². The van der Waals surface area contributed by atoms with Gasteiger partial charge in [-0.25, -0.2) is 0 Å². The van der Waals surface area contributed by atoms with Gasteiger partial charge in [-0.3, -0.25) is 0 Å². The van der Waals surface area contributed by atoms with Crippen molar-refractivity contribution >= 4 is 0 Å². The van der Waals surface area contributed by atoms with Crippen LogP contribution >= 0.6 is 0 Å². The summed E-state index contributed by atoms with van der Waals surface area (Å²) in [6.07, 6.45) is 0. The molecule has 0 aromatic rings. The molecule has 0 saturated heterocycles. The summed E-state index contributed by atoms with van der Waals surface area (Å²) in [5.41, 5.74) is 0. The lowest BCUT2D eigenvalue weighted by Gasteiger charge is -1.68. The first-order chi connectivity index (χ1) is 1.91. The third-order valence-electron chi connectivity index (χ3n) is 0.0816. The van der Waals surface area contributed by atoms with Crippen molar-refractivity contribution in [3.63, 3.8) is 0 Å². The Kier molecular flexibility index (Phi) is 2.86. The zero-order valence-electron chi connectivity index (χ0n) is 2.18. The standard InChI is InChI=1S/C2H5O2/c3-1-2-4/h1,3-4H,2H2. The van der Waals surface area contributed by atoms with Crippen molar-refractivity contribution in [3.05, 3.63) is 6.61 Å². The molecule has 0 bridgehead atoms. The van der Waals surface area contributed by atoms with Crippen molar-refractivity contribution in [1.29, 1.82) is 0 Å². The van der Waals surface area contributed by atoms with Crippen molar-refractivity contribution in [2.45, 2.75) is 0 Å². The fraction of sp³-hybridized carbons (Fsp3) is 0.500. The van der Waals surface area contributed by atoms with Gasteiger partial charge in [-0.15, -0.1) is 0 Å². The Hall–Kier alpha value is -0.0800. The van der Waals surface area contributed by atoms with Crippen LogP contribution < -0.4 is 0 Å². The van der Waals surface area contributed by atoms with Crippen LogP contribution in [0.15, 0.2) is 0 Å². The van der Waals surface area contributed by atoms with Gasteiger partial charge in [0.1, 0.15) is 6.61 Å². The van der Waals surface area contributed by atoms with Gasteiger partial charge in [0.05, 0.1) is 6.61 Å². The Balaban J connectivity index is 1.97. The molecule has 1 radical (unpaired) electrons. The van der Waals surface area contributed by atoms with Crippen LogP contribution in [0.1, 0.15) is 0 Å². The number of aliphatic hydroxyl groups is 2. The largest absolute Gasteiger partial charge is 0.394 e. The molecular weight excluding hydrogens is 56.0 g/mol. The van der Waals surface area contributed by atoms with Crippen LogP contribution in [0.5, 0.6) is 0 Å². The number of hydrogen-bond acceptors (Lipinski definition) is 2. The monoisotopic (exact) mass is 61.0 g/mol. The van der Waals surface area contributed by atoms with E-state index in [0.29, 0.717) is 6.61 Å². The maximum atomic E-state index is 7.57. The summed E-state index contributed by atoms with van der Waals surface area (Å²) < 4.78 is 0. The van der Waals surface area contributed by atoms with E-state index < -0.39 is 0 Å². The maximum Gasteiger partial charge on any atom is 0.105 e. The van der Waals surface area contributed by atoms with E-state index in [1.807, 2.05) is 0 Å². The third kappa shape index (κ3) is 1.92. The average molecular weight is 61.1 g/mol. The van der Waals surface area contributed by atoms with Gasteiger partial charge in [-0.1, -0.05) is 0 Å². The molecule has 0 aliphatic carbocycles. The molecule has 0 saturated carbocycles. The fourth-order valence-corrected chi connectivity index (χ4v) is 0. The number of hydrogen-bond donors (Lipinski definition) is 2. The highest BCUT2D eigenvalue weighted by atomic mass is 16.3. The zero-order valence-corrected chi connectivity index (χ0v) is 2.18.